The van der Waals surface area contributed by atoms with Gasteiger partial charge in [0.15, 0.2) is 0 Å². The fourth-order valence-electron chi connectivity index (χ4n) is 5.17. The highest BCUT2D eigenvalue weighted by atomic mass is 19.4. The fraction of sp³-hybridized carbons (Fsp3) is 0.500. The van der Waals surface area contributed by atoms with Gasteiger partial charge in [-0.25, -0.2) is 14.6 Å². The number of hydrogen-bond acceptors (Lipinski definition) is 7. The first-order valence-electron chi connectivity index (χ1n) is 13.1. The molecule has 0 bridgehead atoms. The highest BCUT2D eigenvalue weighted by Crippen LogP contribution is 2.42. The monoisotopic (exact) mass is 619 g/mol. The number of fused-ring (bicyclic) bond motifs is 2. The molecule has 1 spiro atoms. The molecule has 0 aromatic carbocycles. The van der Waals surface area contributed by atoms with E-state index < -0.39 is 24.3 Å². The third-order valence-electron chi connectivity index (χ3n) is 7.15. The quantitative estimate of drug-likeness (QED) is 0.420. The minimum absolute atomic E-state index is 0.0406. The number of alkyl halides is 6. The van der Waals surface area contributed by atoms with E-state index in [9.17, 15) is 26.3 Å². The van der Waals surface area contributed by atoms with Gasteiger partial charge >= 0.3 is 24.3 Å². The lowest BCUT2D eigenvalue weighted by Crippen LogP contribution is -2.57. The molecular weight excluding hydrogens is 588 g/mol. The molecule has 3 aromatic rings. The Hall–Kier alpha value is -3.99. The molecule has 5 rings (SSSR count). The first-order valence-corrected chi connectivity index (χ1v) is 13.1. The van der Waals surface area contributed by atoms with E-state index >= 15 is 0 Å². The molecule has 2 aliphatic heterocycles. The number of likely N-dealkylation sites (tertiary alicyclic amines) is 1. The summed E-state index contributed by atoms with van der Waals surface area (Å²) in [6.07, 6.45) is 1.97. The molecule has 0 saturated carbocycles. The maximum atomic E-state index is 10.6. The highest BCUT2D eigenvalue weighted by Gasteiger charge is 2.46. The Morgan fingerprint density at radius 2 is 1.56 bits per heavy atom. The Kier molecular flexibility index (Phi) is 10.6. The summed E-state index contributed by atoms with van der Waals surface area (Å²) in [5.74, 6) is -4.27. The van der Waals surface area contributed by atoms with Crippen LogP contribution in [0.5, 0.6) is 0 Å². The second-order valence-corrected chi connectivity index (χ2v) is 9.88. The molecule has 2 aliphatic rings. The van der Waals surface area contributed by atoms with Crippen LogP contribution in [0.15, 0.2) is 43.1 Å². The van der Waals surface area contributed by atoms with Crippen LogP contribution in [0.3, 0.4) is 0 Å². The topological polar surface area (TPSA) is 130 Å². The second kappa shape index (κ2) is 13.5. The summed E-state index contributed by atoms with van der Waals surface area (Å²) < 4.78 is 67.8. The number of halogens is 6. The van der Waals surface area contributed by atoms with Crippen LogP contribution in [0.2, 0.25) is 0 Å². The zero-order valence-corrected chi connectivity index (χ0v) is 23.3. The van der Waals surface area contributed by atoms with Gasteiger partial charge in [0, 0.05) is 63.9 Å². The summed E-state index contributed by atoms with van der Waals surface area (Å²) in [5.41, 5.74) is 3.68. The Labute approximate surface area is 242 Å². The number of nitrogens with zero attached hydrogens (tertiary/aromatic N) is 7. The van der Waals surface area contributed by atoms with E-state index in [1.165, 1.54) is 17.1 Å². The van der Waals surface area contributed by atoms with Gasteiger partial charge in [-0.15, -0.1) is 0 Å². The van der Waals surface area contributed by atoms with Gasteiger partial charge in [0.05, 0.1) is 23.6 Å². The molecule has 236 valence electrons. The number of likely N-dealkylation sites (N-methyl/N-ethyl adjacent to an activating group) is 1. The number of aromatic nitrogens is 5. The van der Waals surface area contributed by atoms with Gasteiger partial charge in [-0.3, -0.25) is 19.5 Å². The first kappa shape index (κ1) is 33.5. The van der Waals surface area contributed by atoms with Crippen LogP contribution >= 0.6 is 0 Å². The van der Waals surface area contributed by atoms with Crippen LogP contribution in [0.1, 0.15) is 31.2 Å². The number of imidazole rings is 1. The molecule has 0 amide bonds. The molecule has 0 aliphatic carbocycles. The molecule has 3 aromatic heterocycles. The number of aryl methyl sites for hydroxylation is 1. The average Bonchev–Trinajstić information content (AvgIpc) is 3.57. The molecule has 1 fully saturated rings. The smallest absolute Gasteiger partial charge is 0.475 e. The maximum absolute atomic E-state index is 10.6. The molecule has 0 unspecified atom stereocenters. The van der Waals surface area contributed by atoms with E-state index in [0.29, 0.717) is 0 Å². The number of hydrogen-bond donors (Lipinski definition) is 2. The van der Waals surface area contributed by atoms with Crippen LogP contribution in [0.4, 0.5) is 26.3 Å². The van der Waals surface area contributed by atoms with Crippen molar-refractivity contribution in [1.29, 1.82) is 0 Å². The summed E-state index contributed by atoms with van der Waals surface area (Å²) in [6, 6.07) is 4.20. The Morgan fingerprint density at radius 1 is 0.953 bits per heavy atom. The SMILES string of the molecule is CCN1CCn2c(-c3cnn(C)c3)cnc2C12CCN(Cc1cccnc1)CC2.O=C(O)C(F)(F)F.O=C(O)C(F)(F)F. The van der Waals surface area contributed by atoms with Gasteiger partial charge in [-0.2, -0.15) is 31.4 Å². The minimum Gasteiger partial charge on any atom is -0.475 e. The zero-order chi connectivity index (χ0) is 32.0. The van der Waals surface area contributed by atoms with Crippen molar-refractivity contribution in [1.82, 2.24) is 34.1 Å². The largest absolute Gasteiger partial charge is 0.490 e. The molecule has 0 atom stereocenters. The Balaban J connectivity index is 0.000000303. The Bertz CT molecular complexity index is 1340. The Morgan fingerprint density at radius 3 is 2.02 bits per heavy atom. The van der Waals surface area contributed by atoms with Gasteiger partial charge in [0.1, 0.15) is 5.82 Å². The van der Waals surface area contributed by atoms with Crippen LogP contribution in [-0.4, -0.2) is 94.8 Å². The van der Waals surface area contributed by atoms with Crippen molar-refractivity contribution in [3.63, 3.8) is 0 Å². The van der Waals surface area contributed by atoms with Crippen molar-refractivity contribution in [2.45, 2.75) is 50.7 Å². The number of rotatable bonds is 4. The first-order chi connectivity index (χ1) is 20.1. The lowest BCUT2D eigenvalue weighted by molar-refractivity contribution is -0.193. The molecular formula is C26H31F6N7O4. The highest BCUT2D eigenvalue weighted by molar-refractivity contribution is 5.73. The molecule has 5 heterocycles. The second-order valence-electron chi connectivity index (χ2n) is 9.88. The van der Waals surface area contributed by atoms with E-state index in [2.05, 4.69) is 49.8 Å². The molecule has 1 saturated heterocycles. The van der Waals surface area contributed by atoms with E-state index in [0.717, 1.165) is 57.7 Å². The number of carboxylic acid groups (broad SMARTS) is 2. The van der Waals surface area contributed by atoms with Crippen molar-refractivity contribution >= 4 is 11.9 Å². The van der Waals surface area contributed by atoms with E-state index in [-0.39, 0.29) is 5.54 Å². The van der Waals surface area contributed by atoms with Crippen molar-refractivity contribution in [2.24, 2.45) is 7.05 Å². The fourth-order valence-corrected chi connectivity index (χ4v) is 5.17. The van der Waals surface area contributed by atoms with Crippen molar-refractivity contribution in [3.8, 4) is 11.3 Å². The minimum atomic E-state index is -5.08. The van der Waals surface area contributed by atoms with Gasteiger partial charge in [0.25, 0.3) is 0 Å². The zero-order valence-electron chi connectivity index (χ0n) is 23.3. The molecule has 17 heteroatoms. The lowest BCUT2D eigenvalue weighted by atomic mass is 9.83. The van der Waals surface area contributed by atoms with Gasteiger partial charge < -0.3 is 14.8 Å². The third-order valence-corrected chi connectivity index (χ3v) is 7.15. The predicted molar refractivity (Wildman–Crippen MR) is 139 cm³/mol. The summed E-state index contributed by atoms with van der Waals surface area (Å²) in [7, 11) is 1.97. The summed E-state index contributed by atoms with van der Waals surface area (Å²) in [6.45, 7) is 8.57. The van der Waals surface area contributed by atoms with E-state index in [4.69, 9.17) is 24.8 Å². The average molecular weight is 620 g/mol. The van der Waals surface area contributed by atoms with E-state index in [1.54, 1.807) is 0 Å². The normalized spacial score (nSPS) is 16.8. The number of aliphatic carboxylic acids is 2. The summed E-state index contributed by atoms with van der Waals surface area (Å²) in [4.78, 5) is 32.3. The molecule has 2 N–H and O–H groups in total. The van der Waals surface area contributed by atoms with Crippen LogP contribution < -0.4 is 0 Å². The van der Waals surface area contributed by atoms with Gasteiger partial charge in [-0.05, 0) is 31.0 Å². The molecule has 0 radical (unpaired) electrons. The number of piperidine rings is 1. The molecule has 11 nitrogen and oxygen atoms in total. The van der Waals surface area contributed by atoms with Gasteiger partial charge in [-0.1, -0.05) is 13.0 Å². The van der Waals surface area contributed by atoms with Crippen LogP contribution in [-0.2, 0) is 35.3 Å². The van der Waals surface area contributed by atoms with Crippen molar-refractivity contribution in [3.05, 3.63) is 54.5 Å². The van der Waals surface area contributed by atoms with Crippen LogP contribution in [0.25, 0.3) is 11.3 Å². The predicted octanol–water partition coefficient (Wildman–Crippen LogP) is 3.77. The molecule has 43 heavy (non-hydrogen) atoms. The summed E-state index contributed by atoms with van der Waals surface area (Å²) in [5, 5.41) is 18.6. The van der Waals surface area contributed by atoms with Crippen LogP contribution in [0, 0.1) is 0 Å². The standard InChI is InChI=1S/C22H29N7.2C2HF3O2/c1-3-28-11-12-29-20(19-14-25-26(2)17-19)15-24-21(29)22(28)6-9-27(10-7-22)16-18-5-4-8-23-13-18;2*3-2(4,5)1(6)7/h4-5,8,13-15,17H,3,6-7,9-12,16H2,1-2H3;2*(H,6,7). The summed E-state index contributed by atoms with van der Waals surface area (Å²) >= 11 is 0. The van der Waals surface area contributed by atoms with E-state index in [1.807, 2.05) is 36.4 Å². The lowest BCUT2D eigenvalue weighted by Gasteiger charge is -2.50. The van der Waals surface area contributed by atoms with Gasteiger partial charge in [0.2, 0.25) is 0 Å². The number of pyridine rings is 1. The number of carbonyl (C=O) groups is 2. The van der Waals surface area contributed by atoms with Crippen molar-refractivity contribution in [2.75, 3.05) is 26.2 Å². The number of carboxylic acids is 2. The third kappa shape index (κ3) is 8.31. The van der Waals surface area contributed by atoms with Crippen molar-refractivity contribution < 1.29 is 46.1 Å². The maximum Gasteiger partial charge on any atom is 0.490 e.